The molecule has 2 amide bonds. The van der Waals surface area contributed by atoms with Crippen molar-refractivity contribution in [2.24, 2.45) is 0 Å². The molecule has 0 saturated heterocycles. The molecule has 17 heavy (non-hydrogen) atoms. The van der Waals surface area contributed by atoms with Gasteiger partial charge in [-0.15, -0.1) is 0 Å². The maximum absolute atomic E-state index is 12.0. The number of ether oxygens (including phenoxy) is 1. The van der Waals surface area contributed by atoms with E-state index in [-0.39, 0.29) is 10.6 Å². The van der Waals surface area contributed by atoms with Gasteiger partial charge in [0.1, 0.15) is 10.6 Å². The molecule has 7 heteroatoms. The normalized spacial score (nSPS) is 10.8. The molecule has 0 radical (unpaired) electrons. The molecule has 6 nitrogen and oxygen atoms in total. The van der Waals surface area contributed by atoms with Crippen LogP contribution >= 0.6 is 0 Å². The Hall–Kier alpha value is -1.76. The van der Waals surface area contributed by atoms with Crippen molar-refractivity contribution in [2.75, 3.05) is 14.2 Å². The van der Waals surface area contributed by atoms with Crippen molar-refractivity contribution in [2.45, 2.75) is 11.8 Å². The zero-order chi connectivity index (χ0) is 13.1. The third kappa shape index (κ3) is 2.88. The molecule has 0 aromatic heterocycles. The van der Waals surface area contributed by atoms with Crippen molar-refractivity contribution >= 4 is 16.1 Å². The van der Waals surface area contributed by atoms with Crippen LogP contribution in [0.2, 0.25) is 0 Å². The third-order valence-corrected chi connectivity index (χ3v) is 3.63. The maximum Gasteiger partial charge on any atom is 0.328 e. The average molecular weight is 258 g/mol. The number of aryl methyl sites for hydroxylation is 1. The van der Waals surface area contributed by atoms with Crippen molar-refractivity contribution in [3.8, 4) is 5.75 Å². The Morgan fingerprint density at radius 1 is 1.35 bits per heavy atom. The summed E-state index contributed by atoms with van der Waals surface area (Å²) in [6.07, 6.45) is 0. The van der Waals surface area contributed by atoms with Crippen LogP contribution in [0.15, 0.2) is 23.1 Å². The summed E-state index contributed by atoms with van der Waals surface area (Å²) in [6.45, 7) is 1.63. The van der Waals surface area contributed by atoms with Gasteiger partial charge in [-0.3, -0.25) is 0 Å². The second kappa shape index (κ2) is 5.05. The molecular formula is C10H14N2O4S. The van der Waals surface area contributed by atoms with Crippen molar-refractivity contribution in [3.63, 3.8) is 0 Å². The molecule has 0 fully saturated rings. The van der Waals surface area contributed by atoms with Crippen LogP contribution in [0, 0.1) is 6.92 Å². The van der Waals surface area contributed by atoms with E-state index in [2.05, 4.69) is 5.32 Å². The lowest BCUT2D eigenvalue weighted by atomic mass is 10.2. The first kappa shape index (κ1) is 13.3. The Morgan fingerprint density at radius 3 is 2.53 bits per heavy atom. The van der Waals surface area contributed by atoms with Crippen LogP contribution in [-0.2, 0) is 10.0 Å². The van der Waals surface area contributed by atoms with Crippen molar-refractivity contribution < 1.29 is 17.9 Å². The van der Waals surface area contributed by atoms with E-state index in [1.807, 2.05) is 4.72 Å². The summed E-state index contributed by atoms with van der Waals surface area (Å²) >= 11 is 0. The van der Waals surface area contributed by atoms with Gasteiger partial charge in [-0.05, 0) is 18.6 Å². The number of hydrogen-bond donors (Lipinski definition) is 2. The predicted octanol–water partition coefficient (Wildman–Crippen LogP) is 0.621. The maximum atomic E-state index is 12.0. The first-order valence-electron chi connectivity index (χ1n) is 4.80. The standard InChI is InChI=1S/C10H14N2O4S/c1-7-5-4-6-8(16-3)9(7)17(14,15)12-10(13)11-2/h4-6H,1-3H3,(H2,11,12,13). The van der Waals surface area contributed by atoms with E-state index in [0.29, 0.717) is 5.56 Å². The summed E-state index contributed by atoms with van der Waals surface area (Å²) in [5, 5.41) is 2.18. The minimum atomic E-state index is -3.93. The van der Waals surface area contributed by atoms with Crippen LogP contribution in [0.5, 0.6) is 5.75 Å². The lowest BCUT2D eigenvalue weighted by Crippen LogP contribution is -2.37. The Balaban J connectivity index is 3.28. The van der Waals surface area contributed by atoms with Crippen molar-refractivity contribution in [3.05, 3.63) is 23.8 Å². The average Bonchev–Trinajstić information content (AvgIpc) is 2.27. The second-order valence-corrected chi connectivity index (χ2v) is 4.91. The van der Waals surface area contributed by atoms with Gasteiger partial charge in [-0.25, -0.2) is 17.9 Å². The van der Waals surface area contributed by atoms with E-state index in [4.69, 9.17) is 4.74 Å². The number of urea groups is 1. The van der Waals surface area contributed by atoms with Gasteiger partial charge < -0.3 is 10.1 Å². The summed E-state index contributed by atoms with van der Waals surface area (Å²) in [6, 6.07) is 4.02. The summed E-state index contributed by atoms with van der Waals surface area (Å²) in [4.78, 5) is 11.0. The first-order valence-corrected chi connectivity index (χ1v) is 6.29. The topological polar surface area (TPSA) is 84.5 Å². The van der Waals surface area contributed by atoms with Gasteiger partial charge in [0, 0.05) is 7.05 Å². The smallest absolute Gasteiger partial charge is 0.328 e. The third-order valence-electron chi connectivity index (χ3n) is 2.12. The molecule has 0 aliphatic carbocycles. The molecule has 0 bridgehead atoms. The molecule has 2 N–H and O–H groups in total. The molecule has 1 rings (SSSR count). The Kier molecular flexibility index (Phi) is 3.95. The molecule has 94 valence electrons. The van der Waals surface area contributed by atoms with Crippen LogP contribution in [0.25, 0.3) is 0 Å². The van der Waals surface area contributed by atoms with Gasteiger partial charge in [-0.1, -0.05) is 12.1 Å². The van der Waals surface area contributed by atoms with Gasteiger partial charge in [0.15, 0.2) is 0 Å². The number of methoxy groups -OCH3 is 1. The summed E-state index contributed by atoms with van der Waals surface area (Å²) in [5.74, 6) is 0.196. The molecule has 0 atom stereocenters. The van der Waals surface area contributed by atoms with E-state index >= 15 is 0 Å². The highest BCUT2D eigenvalue weighted by molar-refractivity contribution is 7.90. The Bertz CT molecular complexity index is 525. The summed E-state index contributed by atoms with van der Waals surface area (Å²) in [5.41, 5.74) is 0.501. The summed E-state index contributed by atoms with van der Waals surface area (Å²) < 4.78 is 30.8. The second-order valence-electron chi connectivity index (χ2n) is 3.29. The fourth-order valence-corrected chi connectivity index (χ4v) is 2.71. The number of sulfonamides is 1. The monoisotopic (exact) mass is 258 g/mol. The molecule has 0 aliphatic heterocycles. The van der Waals surface area contributed by atoms with Gasteiger partial charge in [0.25, 0.3) is 10.0 Å². The molecule has 0 heterocycles. The molecule has 0 saturated carbocycles. The first-order chi connectivity index (χ1) is 7.92. The molecule has 1 aromatic rings. The number of benzene rings is 1. The molecule has 0 spiro atoms. The minimum Gasteiger partial charge on any atom is -0.495 e. The molecule has 0 unspecified atom stereocenters. The van der Waals surface area contributed by atoms with E-state index < -0.39 is 16.1 Å². The zero-order valence-electron chi connectivity index (χ0n) is 9.77. The van der Waals surface area contributed by atoms with Gasteiger partial charge in [-0.2, -0.15) is 0 Å². The quantitative estimate of drug-likeness (QED) is 0.832. The highest BCUT2D eigenvalue weighted by Crippen LogP contribution is 2.26. The number of carbonyl (C=O) groups excluding carboxylic acids is 1. The van der Waals surface area contributed by atoms with E-state index in [0.717, 1.165) is 0 Å². The highest BCUT2D eigenvalue weighted by Gasteiger charge is 2.23. The number of rotatable bonds is 3. The van der Waals surface area contributed by atoms with Crippen LogP contribution in [0.3, 0.4) is 0 Å². The number of carbonyl (C=O) groups is 1. The minimum absolute atomic E-state index is 0.0360. The fourth-order valence-electron chi connectivity index (χ4n) is 1.35. The predicted molar refractivity (Wildman–Crippen MR) is 62.5 cm³/mol. The Labute approximate surface area is 100 Å². The van der Waals surface area contributed by atoms with Crippen LogP contribution in [-0.4, -0.2) is 28.6 Å². The lowest BCUT2D eigenvalue weighted by Gasteiger charge is -2.12. The van der Waals surface area contributed by atoms with Crippen molar-refractivity contribution in [1.29, 1.82) is 0 Å². The van der Waals surface area contributed by atoms with Gasteiger partial charge in [0.2, 0.25) is 0 Å². The van der Waals surface area contributed by atoms with Crippen LogP contribution in [0.1, 0.15) is 5.56 Å². The van der Waals surface area contributed by atoms with E-state index in [1.165, 1.54) is 20.2 Å². The molecule has 1 aromatic carbocycles. The van der Waals surface area contributed by atoms with Crippen molar-refractivity contribution in [1.82, 2.24) is 10.0 Å². The SMILES string of the molecule is CNC(=O)NS(=O)(=O)c1c(C)cccc1OC. The zero-order valence-corrected chi connectivity index (χ0v) is 10.6. The largest absolute Gasteiger partial charge is 0.495 e. The van der Waals surface area contributed by atoms with Crippen LogP contribution < -0.4 is 14.8 Å². The van der Waals surface area contributed by atoms with E-state index in [1.54, 1.807) is 19.1 Å². The molecule has 0 aliphatic rings. The highest BCUT2D eigenvalue weighted by atomic mass is 32.2. The van der Waals surface area contributed by atoms with Gasteiger partial charge in [0.05, 0.1) is 7.11 Å². The van der Waals surface area contributed by atoms with Gasteiger partial charge >= 0.3 is 6.03 Å². The number of nitrogens with one attached hydrogen (secondary N) is 2. The van der Waals surface area contributed by atoms with E-state index in [9.17, 15) is 13.2 Å². The lowest BCUT2D eigenvalue weighted by molar-refractivity contribution is 0.247. The molecular weight excluding hydrogens is 244 g/mol. The van der Waals surface area contributed by atoms with Crippen LogP contribution in [0.4, 0.5) is 4.79 Å². The number of amides is 2. The fraction of sp³-hybridized carbons (Fsp3) is 0.300. The Morgan fingerprint density at radius 2 is 2.00 bits per heavy atom. The number of hydrogen-bond acceptors (Lipinski definition) is 4. The summed E-state index contributed by atoms with van der Waals surface area (Å²) in [7, 11) is -1.23.